The molecule has 180 valence electrons. The number of likely N-dealkylation sites (tertiary alicyclic amines) is 1. The van der Waals surface area contributed by atoms with E-state index in [0.29, 0.717) is 36.3 Å². The zero-order chi connectivity index (χ0) is 25.0. The Morgan fingerprint density at radius 3 is 2.49 bits per heavy atom. The molecule has 7 nitrogen and oxygen atoms in total. The van der Waals surface area contributed by atoms with E-state index in [-0.39, 0.29) is 17.6 Å². The highest BCUT2D eigenvalue weighted by molar-refractivity contribution is 5.74. The van der Waals surface area contributed by atoms with Crippen LogP contribution in [0.5, 0.6) is 0 Å². The van der Waals surface area contributed by atoms with Gasteiger partial charge in [-0.15, -0.1) is 0 Å². The summed E-state index contributed by atoms with van der Waals surface area (Å²) in [6, 6.07) is 16.8. The number of pyridine rings is 2. The average Bonchev–Trinajstić information content (AvgIpc) is 2.85. The Kier molecular flexibility index (Phi) is 7.02. The maximum atomic E-state index is 13.6. The molecule has 1 aromatic carbocycles. The van der Waals surface area contributed by atoms with Crippen LogP contribution in [0, 0.1) is 17.2 Å². The Morgan fingerprint density at radius 2 is 1.83 bits per heavy atom. The molecular weight excluding hydrogens is 440 g/mol. The first-order valence-electron chi connectivity index (χ1n) is 11.9. The number of piperidine rings is 1. The lowest BCUT2D eigenvalue weighted by Gasteiger charge is -2.33. The first-order valence-corrected chi connectivity index (χ1v) is 11.9. The second-order valence-electron chi connectivity index (χ2n) is 9.88. The van der Waals surface area contributed by atoms with Crippen molar-refractivity contribution in [3.8, 4) is 28.5 Å². The molecule has 3 aromatic rings. The van der Waals surface area contributed by atoms with Gasteiger partial charge in [-0.1, -0.05) is 24.3 Å². The predicted molar refractivity (Wildman–Crippen MR) is 135 cm³/mol. The second-order valence-corrected chi connectivity index (χ2v) is 9.88. The number of benzene rings is 1. The van der Waals surface area contributed by atoms with Crippen molar-refractivity contribution in [2.45, 2.75) is 45.8 Å². The summed E-state index contributed by atoms with van der Waals surface area (Å²) < 4.78 is 7.24. The van der Waals surface area contributed by atoms with Gasteiger partial charge in [0.15, 0.2) is 0 Å². The lowest BCUT2D eigenvalue weighted by molar-refractivity contribution is 0.0178. The van der Waals surface area contributed by atoms with Crippen molar-refractivity contribution in [2.24, 2.45) is 5.92 Å². The monoisotopic (exact) mass is 470 g/mol. The molecule has 1 aliphatic heterocycles. The first kappa shape index (κ1) is 24.2. The Morgan fingerprint density at radius 1 is 1.11 bits per heavy atom. The lowest BCUT2D eigenvalue weighted by atomic mass is 9.96. The van der Waals surface area contributed by atoms with E-state index in [1.165, 1.54) is 0 Å². The first-order chi connectivity index (χ1) is 16.7. The smallest absolute Gasteiger partial charge is 0.410 e. The zero-order valence-electron chi connectivity index (χ0n) is 20.4. The molecule has 7 heteroatoms. The summed E-state index contributed by atoms with van der Waals surface area (Å²) >= 11 is 0. The van der Waals surface area contributed by atoms with Crippen LogP contribution in [0.25, 0.3) is 22.4 Å². The van der Waals surface area contributed by atoms with Gasteiger partial charge < -0.3 is 14.2 Å². The fourth-order valence-corrected chi connectivity index (χ4v) is 4.36. The molecule has 1 aliphatic rings. The van der Waals surface area contributed by atoms with Gasteiger partial charge in [0.05, 0.1) is 17.3 Å². The Balaban J connectivity index is 1.62. The second kappa shape index (κ2) is 10.1. The van der Waals surface area contributed by atoms with Crippen molar-refractivity contribution in [2.75, 3.05) is 13.1 Å². The summed E-state index contributed by atoms with van der Waals surface area (Å²) in [6.45, 7) is 7.31. The largest absolute Gasteiger partial charge is 0.444 e. The highest BCUT2D eigenvalue weighted by Crippen LogP contribution is 2.27. The van der Waals surface area contributed by atoms with E-state index < -0.39 is 5.60 Å². The molecule has 2 aromatic heterocycles. The molecule has 0 N–H and O–H groups in total. The van der Waals surface area contributed by atoms with Crippen molar-refractivity contribution in [1.82, 2.24) is 14.5 Å². The number of hydrogen-bond donors (Lipinski definition) is 0. The number of carbonyl (C=O) groups excluding carboxylic acids is 1. The third-order valence-electron chi connectivity index (χ3n) is 6.11. The number of aromatic nitrogens is 2. The number of carbonyl (C=O) groups is 1. The maximum absolute atomic E-state index is 13.6. The molecule has 0 aliphatic carbocycles. The van der Waals surface area contributed by atoms with Crippen molar-refractivity contribution >= 4 is 6.09 Å². The van der Waals surface area contributed by atoms with Crippen LogP contribution in [0.15, 0.2) is 65.7 Å². The van der Waals surface area contributed by atoms with Crippen LogP contribution in [0.1, 0.15) is 39.2 Å². The van der Waals surface area contributed by atoms with Crippen LogP contribution in [0.4, 0.5) is 4.79 Å². The SMILES string of the molecule is CC(C)(C)OC(=O)N1CCC(Cn2cc(-c3ccccn3)cc(-c3ccccc3C#N)c2=O)CC1. The van der Waals surface area contributed by atoms with Crippen molar-refractivity contribution in [1.29, 1.82) is 5.26 Å². The summed E-state index contributed by atoms with van der Waals surface area (Å²) in [5.41, 5.74) is 2.48. The van der Waals surface area contributed by atoms with Crippen LogP contribution >= 0.6 is 0 Å². The van der Waals surface area contributed by atoms with E-state index in [2.05, 4.69) is 11.1 Å². The van der Waals surface area contributed by atoms with Gasteiger partial charge in [-0.25, -0.2) is 4.79 Å². The van der Waals surface area contributed by atoms with Gasteiger partial charge in [0.25, 0.3) is 5.56 Å². The quantitative estimate of drug-likeness (QED) is 0.530. The van der Waals surface area contributed by atoms with E-state index in [1.807, 2.05) is 57.3 Å². The molecule has 4 rings (SSSR count). The Hall–Kier alpha value is -3.92. The average molecular weight is 471 g/mol. The van der Waals surface area contributed by atoms with Gasteiger partial charge in [0.2, 0.25) is 0 Å². The fourth-order valence-electron chi connectivity index (χ4n) is 4.36. The summed E-state index contributed by atoms with van der Waals surface area (Å²) in [4.78, 5) is 32.2. The number of amides is 1. The van der Waals surface area contributed by atoms with Gasteiger partial charge in [-0.3, -0.25) is 9.78 Å². The number of ether oxygens (including phenoxy) is 1. The molecule has 0 atom stereocenters. The molecule has 35 heavy (non-hydrogen) atoms. The minimum atomic E-state index is -0.525. The van der Waals surface area contributed by atoms with Gasteiger partial charge in [-0.05, 0) is 63.8 Å². The number of nitriles is 1. The minimum absolute atomic E-state index is 0.137. The molecule has 0 radical (unpaired) electrons. The molecule has 3 heterocycles. The highest BCUT2D eigenvalue weighted by atomic mass is 16.6. The molecule has 0 unspecified atom stereocenters. The Labute approximate surface area is 205 Å². The van der Waals surface area contributed by atoms with Crippen molar-refractivity contribution < 1.29 is 9.53 Å². The van der Waals surface area contributed by atoms with Crippen molar-refractivity contribution in [3.63, 3.8) is 0 Å². The molecular formula is C28H30N4O3. The standard InChI is InChI=1S/C28H30N4O3/c1-28(2,3)35-27(34)31-14-11-20(12-15-31)18-32-19-22(25-10-6-7-13-30-25)16-24(26(32)33)23-9-5-4-8-21(23)17-29/h4-10,13,16,19-20H,11-12,14-15,18H2,1-3H3. The molecule has 0 saturated carbocycles. The van der Waals surface area contributed by atoms with E-state index in [9.17, 15) is 14.9 Å². The predicted octanol–water partition coefficient (Wildman–Crippen LogP) is 5.10. The van der Waals surface area contributed by atoms with Crippen LogP contribution in [-0.2, 0) is 11.3 Å². The van der Waals surface area contributed by atoms with Crippen LogP contribution in [-0.4, -0.2) is 39.2 Å². The summed E-state index contributed by atoms with van der Waals surface area (Å²) in [5.74, 6) is 0.240. The Bertz CT molecular complexity index is 1290. The molecule has 1 fully saturated rings. The van der Waals surface area contributed by atoms with Crippen molar-refractivity contribution in [3.05, 3.63) is 76.8 Å². The normalized spacial score (nSPS) is 14.4. The maximum Gasteiger partial charge on any atom is 0.410 e. The lowest BCUT2D eigenvalue weighted by Crippen LogP contribution is -2.42. The van der Waals surface area contributed by atoms with Gasteiger partial charge in [0.1, 0.15) is 5.60 Å². The molecule has 0 spiro atoms. The minimum Gasteiger partial charge on any atom is -0.444 e. The van der Waals surface area contributed by atoms with Crippen LogP contribution in [0.3, 0.4) is 0 Å². The van der Waals surface area contributed by atoms with Gasteiger partial charge in [-0.2, -0.15) is 5.26 Å². The van der Waals surface area contributed by atoms with Crippen LogP contribution in [0.2, 0.25) is 0 Å². The van der Waals surface area contributed by atoms with Gasteiger partial charge in [0, 0.05) is 48.7 Å². The third kappa shape index (κ3) is 5.78. The van der Waals surface area contributed by atoms with E-state index >= 15 is 0 Å². The summed E-state index contributed by atoms with van der Waals surface area (Å²) in [5, 5.41) is 9.61. The van der Waals surface area contributed by atoms with Gasteiger partial charge >= 0.3 is 6.09 Å². The van der Waals surface area contributed by atoms with Crippen LogP contribution < -0.4 is 5.56 Å². The molecule has 0 bridgehead atoms. The third-order valence-corrected chi connectivity index (χ3v) is 6.11. The molecule has 1 saturated heterocycles. The van der Waals surface area contributed by atoms with E-state index in [0.717, 1.165) is 24.1 Å². The topological polar surface area (TPSA) is 88.2 Å². The summed E-state index contributed by atoms with van der Waals surface area (Å²) in [7, 11) is 0. The summed E-state index contributed by atoms with van der Waals surface area (Å²) in [6.07, 6.45) is 4.84. The number of hydrogen-bond acceptors (Lipinski definition) is 5. The zero-order valence-corrected chi connectivity index (χ0v) is 20.4. The van der Waals surface area contributed by atoms with E-state index in [4.69, 9.17) is 4.74 Å². The fraction of sp³-hybridized carbons (Fsp3) is 0.357. The number of nitrogens with zero attached hydrogens (tertiary/aromatic N) is 4. The highest BCUT2D eigenvalue weighted by Gasteiger charge is 2.27. The number of rotatable bonds is 4. The van der Waals surface area contributed by atoms with E-state index in [1.54, 1.807) is 33.9 Å². The molecule has 1 amide bonds.